The topological polar surface area (TPSA) is 70.0 Å². The Kier molecular flexibility index (Phi) is 10.2. The van der Waals surface area contributed by atoms with Gasteiger partial charge in [-0.3, -0.25) is 4.79 Å². The molecule has 0 spiro atoms. The second-order valence-electron chi connectivity index (χ2n) is 10.1. The monoisotopic (exact) mass is 481 g/mol. The molecule has 35 heavy (non-hydrogen) atoms. The Morgan fingerprint density at radius 1 is 1.29 bits per heavy atom. The number of carbonyl (C=O) groups excluding carboxylic acids is 1. The van der Waals surface area contributed by atoms with E-state index in [2.05, 4.69) is 43.9 Å². The Balaban J connectivity index is 1.66. The molecule has 1 aromatic carbocycles. The largest absolute Gasteiger partial charge is 0.489 e. The first-order valence-electron chi connectivity index (χ1n) is 13.4. The molecule has 0 aromatic heterocycles. The normalized spacial score (nSPS) is 24.3. The molecule has 0 saturated heterocycles. The SMILES string of the molecule is CC#CCC(C)C(O)/C=C/[C@@H]1[C@H]2c3cccc(CCCC(=O)N(CCC)CCC)c3O[C@H]2C[C@H]1O. The van der Waals surface area contributed by atoms with Gasteiger partial charge in [0.05, 0.1) is 12.2 Å². The standard InChI is InChI=1S/C30H43NO4/c1-5-8-11-21(4)25(32)17-16-23-26(33)20-27-29(23)24-14-9-12-22(30(24)35-27)13-10-15-28(34)31(18-6-2)19-7-3/h9,12,14,16-17,21,23,25-27,29,32-33H,6-7,10-11,13,15,18-20H2,1-4H3/b17-16+/t21?,23-,25?,26+,27-,29-/m0/s1. The van der Waals surface area contributed by atoms with E-state index in [1.165, 1.54) is 0 Å². The van der Waals surface area contributed by atoms with Crippen molar-refractivity contribution in [3.63, 3.8) is 0 Å². The molecular formula is C30H43NO4. The highest BCUT2D eigenvalue weighted by Crippen LogP contribution is 2.52. The van der Waals surface area contributed by atoms with Crippen molar-refractivity contribution in [1.82, 2.24) is 4.90 Å². The van der Waals surface area contributed by atoms with E-state index in [0.717, 1.165) is 55.6 Å². The number of ether oxygens (including phenoxy) is 1. The van der Waals surface area contributed by atoms with Gasteiger partial charge in [0.15, 0.2) is 0 Å². The van der Waals surface area contributed by atoms with Gasteiger partial charge < -0.3 is 19.8 Å². The molecule has 2 N–H and O–H groups in total. The maximum Gasteiger partial charge on any atom is 0.222 e. The fraction of sp³-hybridized carbons (Fsp3) is 0.633. The lowest BCUT2D eigenvalue weighted by atomic mass is 9.86. The number of benzene rings is 1. The molecule has 1 heterocycles. The van der Waals surface area contributed by atoms with Gasteiger partial charge in [0, 0.05) is 49.8 Å². The molecule has 2 unspecified atom stereocenters. The summed E-state index contributed by atoms with van der Waals surface area (Å²) in [5.74, 6) is 7.12. The van der Waals surface area contributed by atoms with E-state index >= 15 is 0 Å². The molecule has 2 aliphatic rings. The van der Waals surface area contributed by atoms with Crippen molar-refractivity contribution in [1.29, 1.82) is 0 Å². The zero-order valence-corrected chi connectivity index (χ0v) is 21.9. The summed E-state index contributed by atoms with van der Waals surface area (Å²) >= 11 is 0. The number of para-hydroxylation sites is 1. The number of hydrogen-bond donors (Lipinski definition) is 2. The van der Waals surface area contributed by atoms with Crippen molar-refractivity contribution < 1.29 is 19.7 Å². The van der Waals surface area contributed by atoms with Crippen LogP contribution >= 0.6 is 0 Å². The third kappa shape index (κ3) is 6.68. The van der Waals surface area contributed by atoms with Crippen LogP contribution in [0.15, 0.2) is 30.4 Å². The van der Waals surface area contributed by atoms with Crippen molar-refractivity contribution in [3.05, 3.63) is 41.5 Å². The summed E-state index contributed by atoms with van der Waals surface area (Å²) in [5.41, 5.74) is 2.29. The van der Waals surface area contributed by atoms with Gasteiger partial charge in [-0.15, -0.1) is 11.8 Å². The molecule has 0 bridgehead atoms. The Hall–Kier alpha value is -2.29. The molecular weight excluding hydrogens is 438 g/mol. The van der Waals surface area contributed by atoms with Gasteiger partial charge in [0.25, 0.3) is 0 Å². The highest BCUT2D eigenvalue weighted by Gasteiger charge is 2.48. The molecule has 1 saturated carbocycles. The quantitative estimate of drug-likeness (QED) is 0.331. The molecule has 5 nitrogen and oxygen atoms in total. The number of aryl methyl sites for hydroxylation is 1. The van der Waals surface area contributed by atoms with Gasteiger partial charge in [0.2, 0.25) is 5.91 Å². The van der Waals surface area contributed by atoms with Crippen LogP contribution in [0.5, 0.6) is 5.75 Å². The van der Waals surface area contributed by atoms with Crippen LogP contribution in [0.2, 0.25) is 0 Å². The van der Waals surface area contributed by atoms with Crippen LogP contribution in [0.3, 0.4) is 0 Å². The molecule has 3 rings (SSSR count). The number of hydrogen-bond acceptors (Lipinski definition) is 4. The first-order chi connectivity index (χ1) is 16.9. The van der Waals surface area contributed by atoms with Gasteiger partial charge in [-0.05, 0) is 44.1 Å². The average Bonchev–Trinajstić information content (AvgIpc) is 3.35. The van der Waals surface area contributed by atoms with Crippen LogP contribution in [-0.2, 0) is 11.2 Å². The molecule has 6 atom stereocenters. The Bertz CT molecular complexity index is 924. The summed E-state index contributed by atoms with van der Waals surface area (Å²) in [5, 5.41) is 21.3. The fourth-order valence-electron chi connectivity index (χ4n) is 5.47. The third-order valence-electron chi connectivity index (χ3n) is 7.38. The summed E-state index contributed by atoms with van der Waals surface area (Å²) in [6, 6.07) is 6.27. The smallest absolute Gasteiger partial charge is 0.222 e. The number of amides is 1. The van der Waals surface area contributed by atoms with E-state index in [0.29, 0.717) is 19.3 Å². The minimum Gasteiger partial charge on any atom is -0.489 e. The van der Waals surface area contributed by atoms with Gasteiger partial charge in [-0.1, -0.05) is 51.1 Å². The Labute approximate surface area is 211 Å². The summed E-state index contributed by atoms with van der Waals surface area (Å²) in [4.78, 5) is 14.6. The van der Waals surface area contributed by atoms with Crippen molar-refractivity contribution in [2.75, 3.05) is 13.1 Å². The van der Waals surface area contributed by atoms with E-state index in [1.807, 2.05) is 24.0 Å². The lowest BCUT2D eigenvalue weighted by Gasteiger charge is -2.21. The summed E-state index contributed by atoms with van der Waals surface area (Å²) in [7, 11) is 0. The first kappa shape index (κ1) is 27.3. The van der Waals surface area contributed by atoms with Crippen LogP contribution in [0, 0.1) is 23.7 Å². The number of nitrogens with zero attached hydrogens (tertiary/aromatic N) is 1. The number of carbonyl (C=O) groups is 1. The minimum absolute atomic E-state index is 0.0417. The predicted octanol–water partition coefficient (Wildman–Crippen LogP) is 4.85. The van der Waals surface area contributed by atoms with E-state index in [-0.39, 0.29) is 29.8 Å². The maximum atomic E-state index is 12.7. The van der Waals surface area contributed by atoms with Crippen LogP contribution in [-0.4, -0.2) is 52.4 Å². The molecule has 1 amide bonds. The van der Waals surface area contributed by atoms with E-state index in [4.69, 9.17) is 4.74 Å². The highest BCUT2D eigenvalue weighted by molar-refractivity contribution is 5.76. The fourth-order valence-corrected chi connectivity index (χ4v) is 5.47. The van der Waals surface area contributed by atoms with Gasteiger partial charge in [-0.2, -0.15) is 0 Å². The molecule has 192 valence electrons. The van der Waals surface area contributed by atoms with Crippen LogP contribution in [0.1, 0.15) is 83.3 Å². The second-order valence-corrected chi connectivity index (χ2v) is 10.1. The molecule has 1 fully saturated rings. The molecule has 0 radical (unpaired) electrons. The number of aliphatic hydroxyl groups excluding tert-OH is 2. The van der Waals surface area contributed by atoms with Crippen molar-refractivity contribution >= 4 is 5.91 Å². The van der Waals surface area contributed by atoms with Crippen LogP contribution in [0.25, 0.3) is 0 Å². The predicted molar refractivity (Wildman–Crippen MR) is 140 cm³/mol. The maximum absolute atomic E-state index is 12.7. The lowest BCUT2D eigenvalue weighted by molar-refractivity contribution is -0.131. The Morgan fingerprint density at radius 3 is 2.71 bits per heavy atom. The summed E-state index contributed by atoms with van der Waals surface area (Å²) in [6.45, 7) is 9.68. The summed E-state index contributed by atoms with van der Waals surface area (Å²) < 4.78 is 6.38. The Morgan fingerprint density at radius 2 is 2.03 bits per heavy atom. The van der Waals surface area contributed by atoms with Crippen LogP contribution < -0.4 is 4.74 Å². The first-order valence-corrected chi connectivity index (χ1v) is 13.4. The van der Waals surface area contributed by atoms with Crippen molar-refractivity contribution in [2.24, 2.45) is 11.8 Å². The molecule has 1 aliphatic carbocycles. The number of rotatable bonds is 12. The zero-order valence-electron chi connectivity index (χ0n) is 21.9. The minimum atomic E-state index is -0.590. The highest BCUT2D eigenvalue weighted by atomic mass is 16.5. The number of fused-ring (bicyclic) bond motifs is 3. The molecule has 1 aliphatic heterocycles. The van der Waals surface area contributed by atoms with Gasteiger partial charge in [-0.25, -0.2) is 0 Å². The zero-order chi connectivity index (χ0) is 25.4. The second kappa shape index (κ2) is 13.1. The van der Waals surface area contributed by atoms with E-state index in [9.17, 15) is 15.0 Å². The molecule has 1 aromatic rings. The average molecular weight is 482 g/mol. The van der Waals surface area contributed by atoms with Crippen LogP contribution in [0.4, 0.5) is 0 Å². The number of aliphatic hydroxyl groups is 2. The van der Waals surface area contributed by atoms with Crippen molar-refractivity contribution in [3.8, 4) is 17.6 Å². The van der Waals surface area contributed by atoms with Gasteiger partial charge >= 0.3 is 0 Å². The summed E-state index contributed by atoms with van der Waals surface area (Å²) in [6.07, 6.45) is 8.03. The van der Waals surface area contributed by atoms with E-state index < -0.39 is 12.2 Å². The third-order valence-corrected chi connectivity index (χ3v) is 7.38. The molecule has 5 heteroatoms. The lowest BCUT2D eigenvalue weighted by Crippen LogP contribution is -2.32. The van der Waals surface area contributed by atoms with E-state index in [1.54, 1.807) is 6.92 Å². The van der Waals surface area contributed by atoms with Crippen molar-refractivity contribution in [2.45, 2.75) is 96.9 Å². The van der Waals surface area contributed by atoms with Gasteiger partial charge in [0.1, 0.15) is 11.9 Å².